The number of rotatable bonds is 8. The fourth-order valence-corrected chi connectivity index (χ4v) is 5.23. The first-order chi connectivity index (χ1) is 17.0. The largest absolute Gasteiger partial charge is 0.497 e. The van der Waals surface area contributed by atoms with Crippen molar-refractivity contribution in [3.05, 3.63) is 58.8 Å². The number of morpholine rings is 1. The van der Waals surface area contributed by atoms with Crippen molar-refractivity contribution in [2.45, 2.75) is 19.4 Å². The summed E-state index contributed by atoms with van der Waals surface area (Å²) in [5, 5.41) is 2.61. The van der Waals surface area contributed by atoms with Crippen molar-refractivity contribution in [1.82, 2.24) is 9.80 Å². The minimum absolute atomic E-state index is 0.00362. The first-order valence-corrected chi connectivity index (χ1v) is 12.2. The molecule has 1 saturated heterocycles. The van der Waals surface area contributed by atoms with Gasteiger partial charge in [0.1, 0.15) is 18.1 Å². The number of methoxy groups -OCH3 is 2. The molecule has 3 aliphatic heterocycles. The van der Waals surface area contributed by atoms with Crippen molar-refractivity contribution in [1.29, 1.82) is 0 Å². The number of esters is 1. The van der Waals surface area contributed by atoms with Crippen LogP contribution in [0.15, 0.2) is 58.2 Å². The van der Waals surface area contributed by atoms with Crippen LogP contribution in [-0.2, 0) is 19.1 Å². The van der Waals surface area contributed by atoms with Crippen molar-refractivity contribution >= 4 is 28.8 Å². The number of ether oxygens (including phenoxy) is 4. The number of carbonyl (C=O) groups excluding carboxylic acids is 2. The molecule has 0 bridgehead atoms. The summed E-state index contributed by atoms with van der Waals surface area (Å²) in [4.78, 5) is 34.8. The second-order valence-electron chi connectivity index (χ2n) is 8.06. The minimum atomic E-state index is -0.598. The van der Waals surface area contributed by atoms with E-state index < -0.39 is 12.0 Å². The van der Waals surface area contributed by atoms with Gasteiger partial charge in [0.2, 0.25) is 5.91 Å². The van der Waals surface area contributed by atoms with Crippen LogP contribution in [-0.4, -0.2) is 74.0 Å². The molecule has 1 unspecified atom stereocenters. The molecule has 0 radical (unpaired) electrons. The summed E-state index contributed by atoms with van der Waals surface area (Å²) in [5.74, 6) is 0.682. The Morgan fingerprint density at radius 1 is 1.26 bits per heavy atom. The van der Waals surface area contributed by atoms with Gasteiger partial charge in [-0.3, -0.25) is 4.79 Å². The van der Waals surface area contributed by atoms with Crippen molar-refractivity contribution < 1.29 is 28.5 Å². The standard InChI is InChI=1S/C25H29N3O6S/c1-5-10-34-24(30)22-16(2)26-25-28(23(22)19-7-6-18(31-3)14-20(19)32-4)17(15-35-25)13-21(29)27-8-11-33-12-9-27/h5-7,14-15,23H,1,8-13H2,2-4H3. The number of benzene rings is 1. The van der Waals surface area contributed by atoms with E-state index in [4.69, 9.17) is 18.9 Å². The van der Waals surface area contributed by atoms with E-state index in [1.807, 2.05) is 22.4 Å². The maximum atomic E-state index is 13.2. The van der Waals surface area contributed by atoms with E-state index in [0.29, 0.717) is 54.2 Å². The van der Waals surface area contributed by atoms with Gasteiger partial charge in [-0.2, -0.15) is 0 Å². The number of aliphatic imine (C=N–C) groups is 1. The number of amidine groups is 1. The van der Waals surface area contributed by atoms with Crippen LogP contribution in [0, 0.1) is 0 Å². The SMILES string of the molecule is C=CCOC(=O)C1=C(C)N=C2SC=C(CC(=O)N3CCOCC3)N2C1c1ccc(OC)cc1OC. The smallest absolute Gasteiger partial charge is 0.338 e. The van der Waals surface area contributed by atoms with Gasteiger partial charge in [0.25, 0.3) is 0 Å². The Morgan fingerprint density at radius 2 is 2.03 bits per heavy atom. The normalized spacial score (nSPS) is 19.6. The molecule has 9 nitrogen and oxygen atoms in total. The zero-order chi connectivity index (χ0) is 24.9. The number of hydrogen-bond donors (Lipinski definition) is 0. The molecule has 10 heteroatoms. The Labute approximate surface area is 209 Å². The van der Waals surface area contributed by atoms with Gasteiger partial charge in [0.05, 0.1) is 51.2 Å². The quantitative estimate of drug-likeness (QED) is 0.398. The summed E-state index contributed by atoms with van der Waals surface area (Å²) in [7, 11) is 3.15. The number of carbonyl (C=O) groups is 2. The number of amides is 1. The fourth-order valence-electron chi connectivity index (χ4n) is 4.26. The van der Waals surface area contributed by atoms with Crippen LogP contribution < -0.4 is 9.47 Å². The molecule has 0 aromatic heterocycles. The highest BCUT2D eigenvalue weighted by Gasteiger charge is 2.42. The lowest BCUT2D eigenvalue weighted by molar-refractivity contribution is -0.138. The van der Waals surface area contributed by atoms with Crippen LogP contribution in [0.3, 0.4) is 0 Å². The van der Waals surface area contributed by atoms with Gasteiger partial charge in [-0.1, -0.05) is 24.4 Å². The molecule has 3 heterocycles. The Balaban J connectivity index is 1.75. The molecule has 35 heavy (non-hydrogen) atoms. The van der Waals surface area contributed by atoms with E-state index in [2.05, 4.69) is 11.6 Å². The van der Waals surface area contributed by atoms with Crippen LogP contribution in [0.2, 0.25) is 0 Å². The van der Waals surface area contributed by atoms with Crippen molar-refractivity contribution in [3.8, 4) is 11.5 Å². The highest BCUT2D eigenvalue weighted by atomic mass is 32.2. The van der Waals surface area contributed by atoms with E-state index in [-0.39, 0.29) is 18.9 Å². The topological polar surface area (TPSA) is 89.9 Å². The summed E-state index contributed by atoms with van der Waals surface area (Å²) in [6, 6.07) is 4.86. The maximum absolute atomic E-state index is 13.2. The molecule has 1 amide bonds. The average Bonchev–Trinajstić information content (AvgIpc) is 3.28. The molecule has 3 aliphatic rings. The predicted octanol–water partition coefficient (Wildman–Crippen LogP) is 3.26. The fraction of sp³-hybridized carbons (Fsp3) is 0.400. The molecule has 186 valence electrons. The maximum Gasteiger partial charge on any atom is 0.338 e. The van der Waals surface area contributed by atoms with Gasteiger partial charge >= 0.3 is 5.97 Å². The highest BCUT2D eigenvalue weighted by Crippen LogP contribution is 2.47. The summed E-state index contributed by atoms with van der Waals surface area (Å²) >= 11 is 1.43. The van der Waals surface area contributed by atoms with Crippen LogP contribution in [0.1, 0.15) is 24.9 Å². The van der Waals surface area contributed by atoms with Crippen LogP contribution in [0.25, 0.3) is 0 Å². The summed E-state index contributed by atoms with van der Waals surface area (Å²) in [5.41, 5.74) is 2.42. The predicted molar refractivity (Wildman–Crippen MR) is 133 cm³/mol. The third kappa shape index (κ3) is 5.08. The molecular formula is C25H29N3O6S. The number of hydrogen-bond acceptors (Lipinski definition) is 9. The molecule has 0 spiro atoms. The highest BCUT2D eigenvalue weighted by molar-refractivity contribution is 8.16. The number of nitrogens with zero attached hydrogens (tertiary/aromatic N) is 3. The molecule has 1 aromatic rings. The lowest BCUT2D eigenvalue weighted by Gasteiger charge is -2.37. The number of allylic oxidation sites excluding steroid dienone is 1. The van der Waals surface area contributed by atoms with Crippen LogP contribution in [0.4, 0.5) is 0 Å². The molecule has 0 aliphatic carbocycles. The summed E-state index contributed by atoms with van der Waals surface area (Å²) < 4.78 is 21.9. The van der Waals surface area contributed by atoms with Gasteiger partial charge in [-0.05, 0) is 24.5 Å². The third-order valence-corrected chi connectivity index (χ3v) is 6.87. The Morgan fingerprint density at radius 3 is 2.71 bits per heavy atom. The summed E-state index contributed by atoms with van der Waals surface area (Å²) in [6.45, 7) is 7.68. The summed E-state index contributed by atoms with van der Waals surface area (Å²) in [6.07, 6.45) is 1.70. The van der Waals surface area contributed by atoms with Gasteiger partial charge in [-0.15, -0.1) is 0 Å². The third-order valence-electron chi connectivity index (χ3n) is 5.98. The van der Waals surface area contributed by atoms with E-state index in [1.165, 1.54) is 17.8 Å². The Kier molecular flexibility index (Phi) is 7.82. The van der Waals surface area contributed by atoms with Crippen molar-refractivity contribution in [2.24, 2.45) is 4.99 Å². The zero-order valence-electron chi connectivity index (χ0n) is 20.1. The van der Waals surface area contributed by atoms with Crippen LogP contribution >= 0.6 is 11.8 Å². The van der Waals surface area contributed by atoms with Gasteiger partial charge < -0.3 is 28.7 Å². The lowest BCUT2D eigenvalue weighted by atomic mass is 9.93. The number of thioether (sulfide) groups is 1. The van der Waals surface area contributed by atoms with E-state index in [9.17, 15) is 9.59 Å². The monoisotopic (exact) mass is 499 g/mol. The Bertz CT molecular complexity index is 1110. The molecule has 4 rings (SSSR count). The van der Waals surface area contributed by atoms with Crippen LogP contribution in [0.5, 0.6) is 11.5 Å². The Hall–Kier alpha value is -3.24. The zero-order valence-corrected chi connectivity index (χ0v) is 20.9. The van der Waals surface area contributed by atoms with E-state index in [1.54, 1.807) is 32.1 Å². The first kappa shape index (κ1) is 24.9. The molecule has 1 aromatic carbocycles. The molecule has 0 saturated carbocycles. The van der Waals surface area contributed by atoms with Crippen molar-refractivity contribution in [2.75, 3.05) is 47.1 Å². The van der Waals surface area contributed by atoms with Gasteiger partial charge in [-0.25, -0.2) is 9.79 Å². The van der Waals surface area contributed by atoms with E-state index >= 15 is 0 Å². The second kappa shape index (κ2) is 11.0. The average molecular weight is 500 g/mol. The molecule has 1 atom stereocenters. The van der Waals surface area contributed by atoms with Gasteiger partial charge in [0.15, 0.2) is 5.17 Å². The van der Waals surface area contributed by atoms with Gasteiger partial charge in [0, 0.05) is 30.4 Å². The molecular weight excluding hydrogens is 470 g/mol. The first-order valence-electron chi connectivity index (χ1n) is 11.3. The lowest BCUT2D eigenvalue weighted by Crippen LogP contribution is -2.42. The molecule has 1 fully saturated rings. The second-order valence-corrected chi connectivity index (χ2v) is 8.89. The van der Waals surface area contributed by atoms with E-state index in [0.717, 1.165) is 11.3 Å². The molecule has 0 N–H and O–H groups in total. The van der Waals surface area contributed by atoms with Crippen molar-refractivity contribution in [3.63, 3.8) is 0 Å². The number of fused-ring (bicyclic) bond motifs is 1. The minimum Gasteiger partial charge on any atom is -0.497 e.